The number of carbonyl (C=O) groups excluding carboxylic acids is 2. The standard InChI is InChI=1S/C29H29N5O4/c35-27(18-34-24-13-7-6-12-23(24)31-32-34)33(17-20-14-15-25-26(16-20)38-19-37-25)28(21-8-2-1-3-9-21)29(36)30-22-10-4-5-11-22/h1-3,6-9,12-16,22,28H,4-5,10-11,17-19H2,(H,30,36). The van der Waals surface area contributed by atoms with Crippen molar-refractivity contribution in [2.75, 3.05) is 6.79 Å². The first kappa shape index (κ1) is 24.0. The van der Waals surface area contributed by atoms with Crippen LogP contribution in [0.3, 0.4) is 0 Å². The van der Waals surface area contributed by atoms with Crippen molar-refractivity contribution in [3.63, 3.8) is 0 Å². The van der Waals surface area contributed by atoms with E-state index in [9.17, 15) is 9.59 Å². The Balaban J connectivity index is 1.36. The van der Waals surface area contributed by atoms with E-state index >= 15 is 0 Å². The van der Waals surface area contributed by atoms with Crippen molar-refractivity contribution < 1.29 is 19.1 Å². The summed E-state index contributed by atoms with van der Waals surface area (Å²) in [7, 11) is 0. The van der Waals surface area contributed by atoms with Crippen LogP contribution in [0.25, 0.3) is 11.0 Å². The molecule has 0 bridgehead atoms. The number of nitrogens with one attached hydrogen (secondary N) is 1. The second-order valence-electron chi connectivity index (χ2n) is 9.75. The van der Waals surface area contributed by atoms with Crippen LogP contribution in [0.5, 0.6) is 11.5 Å². The van der Waals surface area contributed by atoms with Gasteiger partial charge in [-0.25, -0.2) is 4.68 Å². The van der Waals surface area contributed by atoms with Crippen LogP contribution in [-0.2, 0) is 22.7 Å². The third kappa shape index (κ3) is 4.91. The van der Waals surface area contributed by atoms with Gasteiger partial charge in [-0.3, -0.25) is 9.59 Å². The van der Waals surface area contributed by atoms with Crippen LogP contribution in [0.2, 0.25) is 0 Å². The smallest absolute Gasteiger partial charge is 0.247 e. The van der Waals surface area contributed by atoms with E-state index in [-0.39, 0.29) is 37.7 Å². The molecule has 1 aromatic heterocycles. The molecule has 9 heteroatoms. The zero-order chi connectivity index (χ0) is 25.9. The summed E-state index contributed by atoms with van der Waals surface area (Å²) in [6.45, 7) is 0.322. The van der Waals surface area contributed by atoms with Crippen LogP contribution < -0.4 is 14.8 Å². The van der Waals surface area contributed by atoms with E-state index in [4.69, 9.17) is 9.47 Å². The summed E-state index contributed by atoms with van der Waals surface area (Å²) in [5.74, 6) is 0.873. The van der Waals surface area contributed by atoms with Crippen LogP contribution >= 0.6 is 0 Å². The summed E-state index contributed by atoms with van der Waals surface area (Å²) in [5, 5.41) is 11.6. The Kier molecular flexibility index (Phi) is 6.64. The number of ether oxygens (including phenoxy) is 2. The summed E-state index contributed by atoms with van der Waals surface area (Å²) >= 11 is 0. The molecule has 0 spiro atoms. The number of rotatable bonds is 8. The van der Waals surface area contributed by atoms with Gasteiger partial charge in [0.2, 0.25) is 18.6 Å². The molecule has 1 aliphatic carbocycles. The molecule has 194 valence electrons. The molecule has 2 aliphatic rings. The van der Waals surface area contributed by atoms with Crippen molar-refractivity contribution >= 4 is 22.8 Å². The highest BCUT2D eigenvalue weighted by molar-refractivity contribution is 5.89. The number of hydrogen-bond donors (Lipinski definition) is 1. The molecule has 1 aliphatic heterocycles. The number of aromatic nitrogens is 3. The van der Waals surface area contributed by atoms with Gasteiger partial charge >= 0.3 is 0 Å². The Morgan fingerprint density at radius 3 is 2.58 bits per heavy atom. The van der Waals surface area contributed by atoms with Gasteiger partial charge in [-0.2, -0.15) is 0 Å². The summed E-state index contributed by atoms with van der Waals surface area (Å²) in [5.41, 5.74) is 3.05. The maximum Gasteiger partial charge on any atom is 0.247 e. The molecule has 0 saturated heterocycles. The van der Waals surface area contributed by atoms with Crippen molar-refractivity contribution in [1.82, 2.24) is 25.2 Å². The Labute approximate surface area is 220 Å². The van der Waals surface area contributed by atoms with Gasteiger partial charge in [0.1, 0.15) is 18.1 Å². The minimum atomic E-state index is -0.815. The van der Waals surface area contributed by atoms with Gasteiger partial charge in [-0.1, -0.05) is 66.6 Å². The molecule has 1 atom stereocenters. The second-order valence-corrected chi connectivity index (χ2v) is 9.75. The third-order valence-electron chi connectivity index (χ3n) is 7.19. The maximum atomic E-state index is 14.1. The van der Waals surface area contributed by atoms with Gasteiger partial charge in [0.05, 0.1) is 5.52 Å². The quantitative estimate of drug-likeness (QED) is 0.384. The predicted octanol–water partition coefficient (Wildman–Crippen LogP) is 3.99. The fourth-order valence-electron chi connectivity index (χ4n) is 5.27. The van der Waals surface area contributed by atoms with Gasteiger partial charge < -0.3 is 19.7 Å². The average Bonchev–Trinajstić information content (AvgIpc) is 3.71. The minimum Gasteiger partial charge on any atom is -0.454 e. The molecule has 1 N–H and O–H groups in total. The second kappa shape index (κ2) is 10.5. The molecule has 9 nitrogen and oxygen atoms in total. The van der Waals surface area contributed by atoms with Gasteiger partial charge in [0.15, 0.2) is 11.5 Å². The minimum absolute atomic E-state index is 0.0505. The molecule has 6 rings (SSSR count). The largest absolute Gasteiger partial charge is 0.454 e. The first-order chi connectivity index (χ1) is 18.7. The number of para-hydroxylation sites is 1. The summed E-state index contributed by atoms with van der Waals surface area (Å²) in [4.78, 5) is 29.5. The van der Waals surface area contributed by atoms with E-state index in [0.29, 0.717) is 17.0 Å². The van der Waals surface area contributed by atoms with Crippen LogP contribution in [0, 0.1) is 0 Å². The highest BCUT2D eigenvalue weighted by Crippen LogP contribution is 2.34. The fourth-order valence-corrected chi connectivity index (χ4v) is 5.27. The number of amides is 2. The van der Waals surface area contributed by atoms with Crippen LogP contribution in [0.15, 0.2) is 72.8 Å². The van der Waals surface area contributed by atoms with Crippen molar-refractivity contribution in [3.05, 3.63) is 83.9 Å². The first-order valence-electron chi connectivity index (χ1n) is 13.0. The Bertz CT molecular complexity index is 1450. The van der Waals surface area contributed by atoms with Crippen molar-refractivity contribution in [2.45, 2.75) is 50.9 Å². The topological polar surface area (TPSA) is 98.6 Å². The molecule has 1 saturated carbocycles. The SMILES string of the molecule is O=C(NC1CCCC1)C(c1ccccc1)N(Cc1ccc2c(c1)OCO2)C(=O)Cn1nnc2ccccc21. The number of nitrogens with zero attached hydrogens (tertiary/aromatic N) is 4. The normalized spacial score (nSPS) is 15.5. The lowest BCUT2D eigenvalue weighted by atomic mass is 10.0. The number of carbonyl (C=O) groups is 2. The van der Waals surface area contributed by atoms with Crippen LogP contribution in [0.4, 0.5) is 0 Å². The lowest BCUT2D eigenvalue weighted by molar-refractivity contribution is -0.142. The Morgan fingerprint density at radius 2 is 1.74 bits per heavy atom. The van der Waals surface area contributed by atoms with E-state index in [1.165, 1.54) is 0 Å². The molecular formula is C29H29N5O4. The molecule has 4 aromatic rings. The lowest BCUT2D eigenvalue weighted by Gasteiger charge is -2.32. The number of hydrogen-bond acceptors (Lipinski definition) is 6. The zero-order valence-corrected chi connectivity index (χ0v) is 21.0. The van der Waals surface area contributed by atoms with Crippen LogP contribution in [-0.4, -0.2) is 44.5 Å². The highest BCUT2D eigenvalue weighted by atomic mass is 16.7. The van der Waals surface area contributed by atoms with E-state index < -0.39 is 6.04 Å². The predicted molar refractivity (Wildman–Crippen MR) is 140 cm³/mol. The highest BCUT2D eigenvalue weighted by Gasteiger charge is 2.34. The molecule has 1 fully saturated rings. The monoisotopic (exact) mass is 511 g/mol. The first-order valence-corrected chi connectivity index (χ1v) is 13.0. The van der Waals surface area contributed by atoms with Crippen LogP contribution in [0.1, 0.15) is 42.9 Å². The number of fused-ring (bicyclic) bond motifs is 2. The Hall–Kier alpha value is -4.40. The van der Waals surface area contributed by atoms with Gasteiger partial charge in [-0.05, 0) is 48.2 Å². The van der Waals surface area contributed by atoms with E-state index in [1.54, 1.807) is 9.58 Å². The van der Waals surface area contributed by atoms with Crippen molar-refractivity contribution in [2.24, 2.45) is 0 Å². The average molecular weight is 512 g/mol. The number of benzene rings is 3. The molecule has 2 heterocycles. The van der Waals surface area contributed by atoms with E-state index in [0.717, 1.165) is 42.3 Å². The lowest BCUT2D eigenvalue weighted by Crippen LogP contribution is -2.46. The summed E-state index contributed by atoms with van der Waals surface area (Å²) in [6.07, 6.45) is 4.10. The van der Waals surface area contributed by atoms with Crippen molar-refractivity contribution in [3.8, 4) is 11.5 Å². The van der Waals surface area contributed by atoms with E-state index in [1.807, 2.05) is 72.8 Å². The van der Waals surface area contributed by atoms with Crippen molar-refractivity contribution in [1.29, 1.82) is 0 Å². The molecule has 2 amide bonds. The zero-order valence-electron chi connectivity index (χ0n) is 21.0. The molecule has 38 heavy (non-hydrogen) atoms. The van der Waals surface area contributed by atoms with Gasteiger partial charge in [0, 0.05) is 12.6 Å². The Morgan fingerprint density at radius 1 is 0.974 bits per heavy atom. The summed E-state index contributed by atoms with van der Waals surface area (Å²) < 4.78 is 12.6. The van der Waals surface area contributed by atoms with E-state index in [2.05, 4.69) is 15.6 Å². The fraction of sp³-hybridized carbons (Fsp3) is 0.310. The van der Waals surface area contributed by atoms with Gasteiger partial charge in [0.25, 0.3) is 0 Å². The van der Waals surface area contributed by atoms with Gasteiger partial charge in [-0.15, -0.1) is 5.10 Å². The third-order valence-corrected chi connectivity index (χ3v) is 7.19. The molecule has 1 unspecified atom stereocenters. The molecule has 0 radical (unpaired) electrons. The molecule has 3 aromatic carbocycles. The summed E-state index contributed by atoms with van der Waals surface area (Å²) in [6, 6.07) is 21.9. The molecular weight excluding hydrogens is 482 g/mol. The maximum absolute atomic E-state index is 14.1.